The molecule has 0 amide bonds. The van der Waals surface area contributed by atoms with E-state index in [1.807, 2.05) is 0 Å². The molecule has 0 aliphatic carbocycles. The van der Waals surface area contributed by atoms with Crippen LogP contribution in [0.4, 0.5) is 34.1 Å². The molecule has 10 aromatic carbocycles. The van der Waals surface area contributed by atoms with Crippen LogP contribution in [0.15, 0.2) is 237 Å². The van der Waals surface area contributed by atoms with Gasteiger partial charge in [-0.2, -0.15) is 0 Å². The first-order chi connectivity index (χ1) is 36.7. The van der Waals surface area contributed by atoms with Crippen LogP contribution in [0.1, 0.15) is 134 Å². The highest BCUT2D eigenvalue weighted by Crippen LogP contribution is 2.52. The van der Waals surface area contributed by atoms with E-state index in [0.29, 0.717) is 5.92 Å². The van der Waals surface area contributed by atoms with E-state index in [1.165, 1.54) is 60.5 Å². The lowest BCUT2D eigenvalue weighted by Gasteiger charge is -2.37. The van der Waals surface area contributed by atoms with Crippen LogP contribution >= 0.6 is 0 Å². The van der Waals surface area contributed by atoms with Crippen molar-refractivity contribution in [3.8, 4) is 0 Å². The number of benzene rings is 10. The van der Waals surface area contributed by atoms with Crippen molar-refractivity contribution in [2.24, 2.45) is 10.8 Å². The number of rotatable bonds is 14. The molecule has 0 aliphatic rings. The highest BCUT2D eigenvalue weighted by atomic mass is 15.2. The molecule has 0 heterocycles. The minimum Gasteiger partial charge on any atom is -0.309 e. The third kappa shape index (κ3) is 10.5. The van der Waals surface area contributed by atoms with Crippen molar-refractivity contribution in [2.45, 2.75) is 112 Å². The maximum absolute atomic E-state index is 2.53. The summed E-state index contributed by atoms with van der Waals surface area (Å²) in [6.07, 6.45) is 1.10. The third-order valence-corrected chi connectivity index (χ3v) is 16.8. The largest absolute Gasteiger partial charge is 0.309 e. The lowest BCUT2D eigenvalue weighted by molar-refractivity contribution is 0.229. The van der Waals surface area contributed by atoms with E-state index in [4.69, 9.17) is 0 Å². The zero-order valence-corrected chi connectivity index (χ0v) is 47.7. The summed E-state index contributed by atoms with van der Waals surface area (Å²) in [4.78, 5) is 5.03. The van der Waals surface area contributed by atoms with Crippen molar-refractivity contribution in [3.05, 3.63) is 276 Å². The van der Waals surface area contributed by atoms with Gasteiger partial charge in [-0.3, -0.25) is 0 Å². The van der Waals surface area contributed by atoms with Crippen molar-refractivity contribution in [1.29, 1.82) is 0 Å². The molecule has 10 aromatic rings. The molecule has 1 unspecified atom stereocenters. The van der Waals surface area contributed by atoms with Gasteiger partial charge in [-0.05, 0) is 111 Å². The predicted octanol–water partition coefficient (Wildman–Crippen LogP) is 21.5. The quantitative estimate of drug-likeness (QED) is 0.0791. The summed E-state index contributed by atoms with van der Waals surface area (Å²) < 4.78 is 0. The molecule has 0 saturated heterocycles. The number of hydrogen-bond donors (Lipinski definition) is 0. The molecule has 0 saturated carbocycles. The summed E-state index contributed by atoms with van der Waals surface area (Å²) in [5.74, 6) is 0.397. The van der Waals surface area contributed by atoms with Gasteiger partial charge in [0, 0.05) is 60.5 Å². The van der Waals surface area contributed by atoms with Crippen molar-refractivity contribution in [1.82, 2.24) is 0 Å². The molecule has 0 aliphatic heterocycles. The maximum atomic E-state index is 2.53. The average molecular weight is 1010 g/mol. The number of hydrogen-bond acceptors (Lipinski definition) is 2. The fourth-order valence-corrected chi connectivity index (χ4v) is 11.9. The molecule has 2 heteroatoms. The zero-order chi connectivity index (χ0) is 54.3. The molecule has 0 N–H and O–H groups in total. The molecular formula is C75H78N2. The monoisotopic (exact) mass is 1010 g/mol. The van der Waals surface area contributed by atoms with Crippen molar-refractivity contribution in [2.75, 3.05) is 9.80 Å². The number of fused-ring (bicyclic) bond motifs is 2. The molecule has 0 radical (unpaired) electrons. The Morgan fingerprint density at radius 3 is 0.753 bits per heavy atom. The van der Waals surface area contributed by atoms with Crippen LogP contribution in [-0.4, -0.2) is 0 Å². The van der Waals surface area contributed by atoms with Crippen LogP contribution in [0.5, 0.6) is 0 Å². The predicted molar refractivity (Wildman–Crippen MR) is 333 cm³/mol. The fourth-order valence-electron chi connectivity index (χ4n) is 11.9. The average Bonchev–Trinajstić information content (AvgIpc) is 3.45. The van der Waals surface area contributed by atoms with Crippen LogP contribution in [0.25, 0.3) is 21.5 Å². The van der Waals surface area contributed by atoms with Gasteiger partial charge < -0.3 is 9.80 Å². The molecule has 0 bridgehead atoms. The van der Waals surface area contributed by atoms with Crippen molar-refractivity contribution in [3.63, 3.8) is 0 Å². The van der Waals surface area contributed by atoms with Gasteiger partial charge in [0.1, 0.15) is 0 Å². The third-order valence-electron chi connectivity index (χ3n) is 16.8. The summed E-state index contributed by atoms with van der Waals surface area (Å²) in [5, 5.41) is 4.69. The van der Waals surface area contributed by atoms with E-state index >= 15 is 0 Å². The summed E-state index contributed by atoms with van der Waals surface area (Å²) >= 11 is 0. The Morgan fingerprint density at radius 2 is 0.506 bits per heavy atom. The molecule has 0 spiro atoms. The Balaban J connectivity index is 1.20. The van der Waals surface area contributed by atoms with Crippen LogP contribution in [-0.2, 0) is 16.2 Å². The Hall–Kier alpha value is -7.68. The topological polar surface area (TPSA) is 6.48 Å². The molecule has 2 nitrogen and oxygen atoms in total. The maximum Gasteiger partial charge on any atom is 0.0619 e. The van der Waals surface area contributed by atoms with E-state index in [1.54, 1.807) is 0 Å². The molecule has 0 aromatic heterocycles. The smallest absolute Gasteiger partial charge is 0.0619 e. The van der Waals surface area contributed by atoms with Gasteiger partial charge in [0.2, 0.25) is 0 Å². The zero-order valence-electron chi connectivity index (χ0n) is 47.7. The highest BCUT2D eigenvalue weighted by Gasteiger charge is 2.33. The number of anilines is 6. The molecular weight excluding hydrogens is 929 g/mol. The minimum atomic E-state index is -0.187. The second kappa shape index (κ2) is 20.7. The van der Waals surface area contributed by atoms with Gasteiger partial charge in [-0.25, -0.2) is 0 Å². The van der Waals surface area contributed by atoms with Crippen LogP contribution in [0.2, 0.25) is 0 Å². The minimum absolute atomic E-state index is 0.0980. The first-order valence-electron chi connectivity index (χ1n) is 27.9. The van der Waals surface area contributed by atoms with Crippen molar-refractivity contribution >= 4 is 55.7 Å². The second-order valence-electron chi connectivity index (χ2n) is 25.3. The van der Waals surface area contributed by atoms with E-state index in [0.717, 1.165) is 40.5 Å². The lowest BCUT2D eigenvalue weighted by atomic mass is 9.69. The molecule has 0 fully saturated rings. The fraction of sp³-hybridized carbons (Fsp3) is 0.253. The van der Waals surface area contributed by atoms with Crippen LogP contribution in [0, 0.1) is 10.8 Å². The standard InChI is InChI=1S/C75H78N2/c1-71(2,3)52-68(72(4,5)6)53-36-44-60(45-37-53)76(61-46-38-57(39-47-61)73(7,8)54-26-16-13-17-27-54)69-64-32-22-24-34-66(64)70(67-35-25-23-33-65(67)69)77(62-48-40-58(41-49-62)74(9,10)55-28-18-14-19-29-55)63-50-42-59(43-51-63)75(11,12)56-30-20-15-21-31-56/h13-51,68H,52H2,1-12H3. The normalized spacial score (nSPS) is 12.9. The molecule has 1 atom stereocenters. The Kier molecular flexibility index (Phi) is 14.2. The molecule has 77 heavy (non-hydrogen) atoms. The summed E-state index contributed by atoms with van der Waals surface area (Å²) in [6, 6.07) is 88.4. The molecule has 388 valence electrons. The molecule has 10 rings (SSSR count). The van der Waals surface area contributed by atoms with E-state index in [-0.39, 0.29) is 27.1 Å². The summed E-state index contributed by atoms with van der Waals surface area (Å²) in [7, 11) is 0. The Labute approximate surface area is 461 Å². The summed E-state index contributed by atoms with van der Waals surface area (Å²) in [6.45, 7) is 28.3. The van der Waals surface area contributed by atoms with Gasteiger partial charge in [-0.1, -0.05) is 271 Å². The van der Waals surface area contributed by atoms with Gasteiger partial charge in [0.05, 0.1) is 11.4 Å². The highest BCUT2D eigenvalue weighted by molar-refractivity contribution is 6.23. The van der Waals surface area contributed by atoms with Crippen LogP contribution in [0.3, 0.4) is 0 Å². The van der Waals surface area contributed by atoms with Crippen molar-refractivity contribution < 1.29 is 0 Å². The van der Waals surface area contributed by atoms with Gasteiger partial charge >= 0.3 is 0 Å². The van der Waals surface area contributed by atoms with Crippen LogP contribution < -0.4 is 9.80 Å². The van der Waals surface area contributed by atoms with E-state index in [9.17, 15) is 0 Å². The van der Waals surface area contributed by atoms with E-state index < -0.39 is 0 Å². The van der Waals surface area contributed by atoms with Gasteiger partial charge in [0.15, 0.2) is 0 Å². The summed E-state index contributed by atoms with van der Waals surface area (Å²) in [5.41, 5.74) is 15.5. The number of nitrogens with zero attached hydrogens (tertiary/aromatic N) is 2. The van der Waals surface area contributed by atoms with Gasteiger partial charge in [-0.15, -0.1) is 0 Å². The van der Waals surface area contributed by atoms with Gasteiger partial charge in [0.25, 0.3) is 0 Å². The second-order valence-corrected chi connectivity index (χ2v) is 25.3. The first kappa shape index (κ1) is 52.7. The first-order valence-corrected chi connectivity index (χ1v) is 27.9. The lowest BCUT2D eigenvalue weighted by Crippen LogP contribution is -2.24. The Bertz CT molecular complexity index is 3440. The SMILES string of the molecule is CC(C)(C)CC(c1ccc(N(c2ccc(C(C)(C)c3ccccc3)cc2)c2c3ccccc3c(N(c3ccc(C(C)(C)c4ccccc4)cc3)c3ccc(C(C)(C)c4ccccc4)cc3)c3ccccc23)cc1)C(C)(C)C. The van der Waals surface area contributed by atoms with E-state index in [2.05, 4.69) is 329 Å². The Morgan fingerprint density at radius 1 is 0.273 bits per heavy atom.